The molecule has 1 aliphatic heterocycles. The predicted octanol–water partition coefficient (Wildman–Crippen LogP) is 2.75. The number of fused-ring (bicyclic) bond motifs is 1. The second-order valence-corrected chi connectivity index (χ2v) is 7.60. The van der Waals surface area contributed by atoms with Crippen LogP contribution in [-0.4, -0.2) is 33.2 Å². The summed E-state index contributed by atoms with van der Waals surface area (Å²) in [5.41, 5.74) is 0. The van der Waals surface area contributed by atoms with Gasteiger partial charge in [-0.15, -0.1) is 16.4 Å². The van der Waals surface area contributed by atoms with Gasteiger partial charge in [0.15, 0.2) is 0 Å². The standard InChI is InChI=1S/C17H21N3O3S/c21-15(19-9-3-6-12-5-1-2-7-13(12)19)11-20-17(22)23-16(18-20)14-8-4-10-24-14/h4,8,10,12-13H,1-3,5-7,9,11H2. The van der Waals surface area contributed by atoms with Crippen molar-refractivity contribution in [3.05, 3.63) is 28.1 Å². The molecule has 0 aromatic carbocycles. The summed E-state index contributed by atoms with van der Waals surface area (Å²) in [5, 5.41) is 6.09. The van der Waals surface area contributed by atoms with Crippen LogP contribution < -0.4 is 5.76 Å². The average molecular weight is 347 g/mol. The molecule has 7 heteroatoms. The first kappa shape index (κ1) is 15.6. The number of carbonyl (C=O) groups is 1. The van der Waals surface area contributed by atoms with E-state index in [1.807, 2.05) is 22.4 Å². The third-order valence-electron chi connectivity index (χ3n) is 5.19. The van der Waals surface area contributed by atoms with E-state index in [-0.39, 0.29) is 18.3 Å². The van der Waals surface area contributed by atoms with Gasteiger partial charge in [0.2, 0.25) is 5.91 Å². The summed E-state index contributed by atoms with van der Waals surface area (Å²) >= 11 is 1.46. The molecule has 0 radical (unpaired) electrons. The van der Waals surface area contributed by atoms with Crippen LogP contribution in [0.1, 0.15) is 38.5 Å². The van der Waals surface area contributed by atoms with Gasteiger partial charge >= 0.3 is 5.76 Å². The van der Waals surface area contributed by atoms with Gasteiger partial charge in [0.1, 0.15) is 6.54 Å². The fourth-order valence-electron chi connectivity index (χ4n) is 4.06. The van der Waals surface area contributed by atoms with E-state index in [2.05, 4.69) is 5.10 Å². The molecule has 0 spiro atoms. The number of rotatable bonds is 3. The molecule has 2 aromatic rings. The molecule has 1 aliphatic carbocycles. The van der Waals surface area contributed by atoms with Crippen molar-refractivity contribution in [2.45, 2.75) is 51.1 Å². The van der Waals surface area contributed by atoms with Crippen LogP contribution in [0, 0.1) is 5.92 Å². The lowest BCUT2D eigenvalue weighted by Gasteiger charge is -2.44. The van der Waals surface area contributed by atoms with E-state index in [9.17, 15) is 9.59 Å². The molecule has 1 amide bonds. The van der Waals surface area contributed by atoms with E-state index < -0.39 is 5.76 Å². The van der Waals surface area contributed by atoms with Gasteiger partial charge in [0.05, 0.1) is 4.88 Å². The Morgan fingerprint density at radius 3 is 2.96 bits per heavy atom. The highest BCUT2D eigenvalue weighted by Gasteiger charge is 2.35. The highest BCUT2D eigenvalue weighted by Crippen LogP contribution is 2.35. The quantitative estimate of drug-likeness (QED) is 0.856. The molecule has 2 aromatic heterocycles. The molecule has 2 fully saturated rings. The van der Waals surface area contributed by atoms with Crippen molar-refractivity contribution in [2.24, 2.45) is 5.92 Å². The van der Waals surface area contributed by atoms with E-state index in [0.29, 0.717) is 12.0 Å². The minimum atomic E-state index is -0.566. The number of hydrogen-bond donors (Lipinski definition) is 0. The largest absolute Gasteiger partial charge is 0.437 e. The van der Waals surface area contributed by atoms with Gasteiger partial charge in [-0.1, -0.05) is 18.9 Å². The van der Waals surface area contributed by atoms with Crippen molar-refractivity contribution < 1.29 is 9.21 Å². The van der Waals surface area contributed by atoms with E-state index in [0.717, 1.165) is 28.9 Å². The number of hydrogen-bond acceptors (Lipinski definition) is 5. The molecule has 24 heavy (non-hydrogen) atoms. The maximum absolute atomic E-state index is 12.8. The fraction of sp³-hybridized carbons (Fsp3) is 0.588. The Bertz CT molecular complexity index is 762. The predicted molar refractivity (Wildman–Crippen MR) is 90.8 cm³/mol. The Morgan fingerprint density at radius 2 is 2.12 bits per heavy atom. The minimum Gasteiger partial charge on any atom is -0.387 e. The third-order valence-corrected chi connectivity index (χ3v) is 6.04. The topological polar surface area (TPSA) is 68.3 Å². The summed E-state index contributed by atoms with van der Waals surface area (Å²) in [5.74, 6) is 0.341. The summed E-state index contributed by atoms with van der Waals surface area (Å²) in [6, 6.07) is 4.07. The zero-order chi connectivity index (χ0) is 16.5. The van der Waals surface area contributed by atoms with Crippen LogP contribution in [0.3, 0.4) is 0 Å². The molecule has 2 unspecified atom stereocenters. The summed E-state index contributed by atoms with van der Waals surface area (Å²) in [7, 11) is 0. The first-order valence-corrected chi connectivity index (χ1v) is 9.51. The molecule has 2 aliphatic rings. The Morgan fingerprint density at radius 1 is 1.29 bits per heavy atom. The monoisotopic (exact) mass is 347 g/mol. The van der Waals surface area contributed by atoms with Gasteiger partial charge in [-0.2, -0.15) is 4.68 Å². The van der Waals surface area contributed by atoms with Crippen LogP contribution >= 0.6 is 11.3 Å². The van der Waals surface area contributed by atoms with Gasteiger partial charge in [-0.3, -0.25) is 4.79 Å². The van der Waals surface area contributed by atoms with Crippen LogP contribution in [0.2, 0.25) is 0 Å². The van der Waals surface area contributed by atoms with Crippen LogP contribution in [0.5, 0.6) is 0 Å². The number of likely N-dealkylation sites (tertiary alicyclic amines) is 1. The number of aromatic nitrogens is 2. The zero-order valence-electron chi connectivity index (χ0n) is 13.5. The lowest BCUT2D eigenvalue weighted by Crippen LogP contribution is -2.51. The van der Waals surface area contributed by atoms with Gasteiger partial charge in [-0.05, 0) is 43.0 Å². The SMILES string of the molecule is O=C(Cn1nc(-c2cccs2)oc1=O)N1CCCC2CCCCC21. The van der Waals surface area contributed by atoms with Crippen LogP contribution in [-0.2, 0) is 11.3 Å². The van der Waals surface area contributed by atoms with E-state index in [4.69, 9.17) is 4.42 Å². The lowest BCUT2D eigenvalue weighted by molar-refractivity contribution is -0.138. The molecule has 1 saturated carbocycles. The summed E-state index contributed by atoms with van der Waals surface area (Å²) in [4.78, 5) is 27.5. The fourth-order valence-corrected chi connectivity index (χ4v) is 4.70. The van der Waals surface area contributed by atoms with E-state index in [1.54, 1.807) is 0 Å². The average Bonchev–Trinajstić information content (AvgIpc) is 3.25. The summed E-state index contributed by atoms with van der Waals surface area (Å²) in [6.07, 6.45) is 7.06. The van der Waals surface area contributed by atoms with Gasteiger partial charge in [0, 0.05) is 12.6 Å². The molecule has 3 heterocycles. The maximum atomic E-state index is 12.8. The summed E-state index contributed by atoms with van der Waals surface area (Å²) < 4.78 is 6.35. The van der Waals surface area contributed by atoms with Crippen LogP contribution in [0.15, 0.2) is 26.7 Å². The summed E-state index contributed by atoms with van der Waals surface area (Å²) in [6.45, 7) is 0.765. The minimum absolute atomic E-state index is 0.0141. The zero-order valence-corrected chi connectivity index (χ0v) is 14.3. The van der Waals surface area contributed by atoms with Crippen molar-refractivity contribution >= 4 is 17.2 Å². The second-order valence-electron chi connectivity index (χ2n) is 6.65. The first-order chi connectivity index (χ1) is 11.7. The number of carbonyl (C=O) groups excluding carboxylic acids is 1. The number of piperidine rings is 1. The van der Waals surface area contributed by atoms with Gasteiger partial charge < -0.3 is 9.32 Å². The maximum Gasteiger partial charge on any atom is 0.437 e. The molecule has 1 saturated heterocycles. The normalized spacial score (nSPS) is 23.9. The lowest BCUT2D eigenvalue weighted by atomic mass is 9.78. The smallest absolute Gasteiger partial charge is 0.387 e. The van der Waals surface area contributed by atoms with Crippen LogP contribution in [0.4, 0.5) is 0 Å². The number of thiophene rings is 1. The molecule has 6 nitrogen and oxygen atoms in total. The highest BCUT2D eigenvalue weighted by atomic mass is 32.1. The Hall–Kier alpha value is -1.89. The molecule has 4 rings (SSSR count). The Kier molecular flexibility index (Phi) is 4.26. The Labute approximate surface area is 144 Å². The van der Waals surface area contributed by atoms with E-state index in [1.165, 1.54) is 37.0 Å². The van der Waals surface area contributed by atoms with E-state index >= 15 is 0 Å². The molecule has 0 bridgehead atoms. The first-order valence-electron chi connectivity index (χ1n) is 8.63. The van der Waals surface area contributed by atoms with Crippen molar-refractivity contribution in [3.8, 4) is 10.8 Å². The molecule has 128 valence electrons. The number of nitrogens with zero attached hydrogens (tertiary/aromatic N) is 3. The van der Waals surface area contributed by atoms with Crippen molar-refractivity contribution in [3.63, 3.8) is 0 Å². The Balaban J connectivity index is 1.50. The van der Waals surface area contributed by atoms with Crippen molar-refractivity contribution in [1.29, 1.82) is 0 Å². The molecular formula is C17H21N3O3S. The van der Waals surface area contributed by atoms with Crippen molar-refractivity contribution in [2.75, 3.05) is 6.54 Å². The third kappa shape index (κ3) is 2.92. The molecular weight excluding hydrogens is 326 g/mol. The number of amides is 1. The van der Waals surface area contributed by atoms with Gasteiger partial charge in [0.25, 0.3) is 5.89 Å². The van der Waals surface area contributed by atoms with Gasteiger partial charge in [-0.25, -0.2) is 4.79 Å². The molecule has 0 N–H and O–H groups in total. The highest BCUT2D eigenvalue weighted by molar-refractivity contribution is 7.13. The van der Waals surface area contributed by atoms with Crippen molar-refractivity contribution in [1.82, 2.24) is 14.7 Å². The van der Waals surface area contributed by atoms with Crippen LogP contribution in [0.25, 0.3) is 10.8 Å². The molecule has 2 atom stereocenters. The second kappa shape index (κ2) is 6.55.